The van der Waals surface area contributed by atoms with Crippen LogP contribution in [0, 0.1) is 5.92 Å². The van der Waals surface area contributed by atoms with Gasteiger partial charge in [-0.3, -0.25) is 4.79 Å². The van der Waals surface area contributed by atoms with E-state index in [-0.39, 0.29) is 11.9 Å². The molecule has 0 spiro atoms. The lowest BCUT2D eigenvalue weighted by Gasteiger charge is -2.13. The van der Waals surface area contributed by atoms with Gasteiger partial charge in [0.15, 0.2) is 0 Å². The second-order valence-electron chi connectivity index (χ2n) is 3.88. The van der Waals surface area contributed by atoms with E-state index in [2.05, 4.69) is 5.32 Å². The molecule has 0 aliphatic carbocycles. The molecule has 100 valence electrons. The fourth-order valence-corrected chi connectivity index (χ4v) is 1.67. The molecule has 18 heavy (non-hydrogen) atoms. The summed E-state index contributed by atoms with van der Waals surface area (Å²) in [5.74, 6) is 0.219. The number of halogens is 1. The van der Waals surface area contributed by atoms with E-state index in [9.17, 15) is 4.79 Å². The number of anilines is 1. The zero-order chi connectivity index (χ0) is 13.5. The van der Waals surface area contributed by atoms with Crippen molar-refractivity contribution in [2.45, 2.75) is 13.8 Å². The van der Waals surface area contributed by atoms with Crippen LogP contribution in [0.1, 0.15) is 13.8 Å². The van der Waals surface area contributed by atoms with Crippen LogP contribution in [-0.4, -0.2) is 26.2 Å². The van der Waals surface area contributed by atoms with Crippen LogP contribution in [0.2, 0.25) is 5.02 Å². The number of hydrogen-bond acceptors (Lipinski definition) is 4. The number of ether oxygens (including phenoxy) is 2. The van der Waals surface area contributed by atoms with Crippen molar-refractivity contribution in [3.05, 3.63) is 23.2 Å². The number of carbonyl (C=O) groups is 1. The highest BCUT2D eigenvalue weighted by Crippen LogP contribution is 2.27. The van der Waals surface area contributed by atoms with Gasteiger partial charge in [-0.05, 0) is 25.1 Å². The van der Waals surface area contributed by atoms with Crippen molar-refractivity contribution in [3.63, 3.8) is 0 Å². The van der Waals surface area contributed by atoms with Crippen molar-refractivity contribution in [2.24, 2.45) is 5.92 Å². The van der Waals surface area contributed by atoms with Gasteiger partial charge in [0.05, 0.1) is 24.7 Å². The van der Waals surface area contributed by atoms with Crippen LogP contribution in [0.25, 0.3) is 0 Å². The van der Waals surface area contributed by atoms with Crippen molar-refractivity contribution in [2.75, 3.05) is 25.6 Å². The van der Waals surface area contributed by atoms with Crippen molar-refractivity contribution >= 4 is 23.3 Å². The highest BCUT2D eigenvalue weighted by Gasteiger charge is 2.13. The molecule has 1 atom stereocenters. The van der Waals surface area contributed by atoms with Crippen molar-refractivity contribution < 1.29 is 14.3 Å². The summed E-state index contributed by atoms with van der Waals surface area (Å²) in [7, 11) is 1.57. The molecular weight excluding hydrogens is 254 g/mol. The van der Waals surface area contributed by atoms with Crippen LogP contribution in [0.4, 0.5) is 5.69 Å². The number of rotatable bonds is 6. The summed E-state index contributed by atoms with van der Waals surface area (Å²) >= 11 is 6.00. The van der Waals surface area contributed by atoms with Gasteiger partial charge >= 0.3 is 5.97 Å². The summed E-state index contributed by atoms with van der Waals surface area (Å²) in [6, 6.07) is 5.39. The molecule has 0 heterocycles. The predicted molar refractivity (Wildman–Crippen MR) is 72.3 cm³/mol. The molecule has 5 heteroatoms. The lowest BCUT2D eigenvalue weighted by atomic mass is 10.2. The number of hydrogen-bond donors (Lipinski definition) is 1. The van der Waals surface area contributed by atoms with E-state index < -0.39 is 0 Å². The van der Waals surface area contributed by atoms with E-state index in [0.717, 1.165) is 5.69 Å². The first-order valence-electron chi connectivity index (χ1n) is 5.82. The molecule has 0 bridgehead atoms. The minimum atomic E-state index is -0.204. The maximum absolute atomic E-state index is 11.4. The molecule has 0 radical (unpaired) electrons. The number of esters is 1. The SMILES string of the molecule is CCOC(=O)C(C)CNc1ccc(OC)c(Cl)c1. The lowest BCUT2D eigenvalue weighted by molar-refractivity contribution is -0.146. The van der Waals surface area contributed by atoms with Gasteiger partial charge in [-0.15, -0.1) is 0 Å². The van der Waals surface area contributed by atoms with Crippen molar-refractivity contribution in [1.82, 2.24) is 0 Å². The monoisotopic (exact) mass is 271 g/mol. The summed E-state index contributed by atoms with van der Waals surface area (Å²) in [6.07, 6.45) is 0. The standard InChI is InChI=1S/C13H18ClNO3/c1-4-18-13(16)9(2)8-15-10-5-6-12(17-3)11(14)7-10/h5-7,9,15H,4,8H2,1-3H3. The Morgan fingerprint density at radius 1 is 1.50 bits per heavy atom. The Labute approximate surface area is 112 Å². The van der Waals surface area contributed by atoms with Crippen LogP contribution in [0.15, 0.2) is 18.2 Å². The molecule has 1 aromatic rings. The summed E-state index contributed by atoms with van der Waals surface area (Å²) in [6.45, 7) is 4.51. The minimum absolute atomic E-state index is 0.203. The van der Waals surface area contributed by atoms with Gasteiger partial charge in [-0.1, -0.05) is 18.5 Å². The van der Waals surface area contributed by atoms with E-state index >= 15 is 0 Å². The number of methoxy groups -OCH3 is 1. The first-order valence-corrected chi connectivity index (χ1v) is 6.20. The van der Waals surface area contributed by atoms with Gasteiger partial charge in [0.1, 0.15) is 5.75 Å². The largest absolute Gasteiger partial charge is 0.495 e. The van der Waals surface area contributed by atoms with E-state index in [0.29, 0.717) is 23.9 Å². The van der Waals surface area contributed by atoms with Crippen LogP contribution < -0.4 is 10.1 Å². The Morgan fingerprint density at radius 3 is 2.78 bits per heavy atom. The number of carbonyl (C=O) groups excluding carboxylic acids is 1. The molecule has 1 aromatic carbocycles. The molecule has 1 unspecified atom stereocenters. The van der Waals surface area contributed by atoms with Gasteiger partial charge in [-0.2, -0.15) is 0 Å². The summed E-state index contributed by atoms with van der Waals surface area (Å²) in [5.41, 5.74) is 0.844. The average Bonchev–Trinajstić information content (AvgIpc) is 2.36. The quantitative estimate of drug-likeness (QED) is 0.808. The fourth-order valence-electron chi connectivity index (χ4n) is 1.42. The number of nitrogens with one attached hydrogen (secondary N) is 1. The van der Waals surface area contributed by atoms with Crippen LogP contribution in [-0.2, 0) is 9.53 Å². The van der Waals surface area contributed by atoms with Crippen molar-refractivity contribution in [1.29, 1.82) is 0 Å². The summed E-state index contributed by atoms with van der Waals surface area (Å²) in [5, 5.41) is 3.67. The predicted octanol–water partition coefficient (Wildman–Crippen LogP) is 2.96. The maximum atomic E-state index is 11.4. The third-order valence-corrected chi connectivity index (χ3v) is 2.75. The van der Waals surface area contributed by atoms with Crippen LogP contribution >= 0.6 is 11.6 Å². The van der Waals surface area contributed by atoms with Gasteiger partial charge in [-0.25, -0.2) is 0 Å². The molecule has 0 amide bonds. The van der Waals surface area contributed by atoms with Gasteiger partial charge < -0.3 is 14.8 Å². The highest BCUT2D eigenvalue weighted by atomic mass is 35.5. The first kappa shape index (κ1) is 14.6. The summed E-state index contributed by atoms with van der Waals surface area (Å²) < 4.78 is 9.99. The van der Waals surface area contributed by atoms with E-state index in [1.54, 1.807) is 26.2 Å². The Bertz CT molecular complexity index is 409. The van der Waals surface area contributed by atoms with Gasteiger partial charge in [0, 0.05) is 12.2 Å². The number of benzene rings is 1. The molecule has 0 aromatic heterocycles. The molecule has 0 aliphatic rings. The minimum Gasteiger partial charge on any atom is -0.495 e. The molecule has 1 rings (SSSR count). The fraction of sp³-hybridized carbons (Fsp3) is 0.462. The molecule has 0 saturated heterocycles. The smallest absolute Gasteiger partial charge is 0.310 e. The van der Waals surface area contributed by atoms with Gasteiger partial charge in [0.25, 0.3) is 0 Å². The van der Waals surface area contributed by atoms with Crippen molar-refractivity contribution in [3.8, 4) is 5.75 Å². The maximum Gasteiger partial charge on any atom is 0.310 e. The van der Waals surface area contributed by atoms with E-state index in [1.165, 1.54) is 0 Å². The lowest BCUT2D eigenvalue weighted by Crippen LogP contribution is -2.22. The van der Waals surface area contributed by atoms with E-state index in [1.807, 2.05) is 13.0 Å². The molecule has 0 aliphatic heterocycles. The average molecular weight is 272 g/mol. The third-order valence-electron chi connectivity index (χ3n) is 2.45. The zero-order valence-electron chi connectivity index (χ0n) is 10.8. The third kappa shape index (κ3) is 4.11. The Morgan fingerprint density at radius 2 is 2.22 bits per heavy atom. The normalized spacial score (nSPS) is 11.8. The summed E-state index contributed by atoms with van der Waals surface area (Å²) in [4.78, 5) is 11.4. The molecule has 0 saturated carbocycles. The zero-order valence-corrected chi connectivity index (χ0v) is 11.6. The second-order valence-corrected chi connectivity index (χ2v) is 4.29. The molecular formula is C13H18ClNO3. The Balaban J connectivity index is 2.53. The molecule has 1 N–H and O–H groups in total. The molecule has 0 fully saturated rings. The Kier molecular flexibility index (Phi) is 5.78. The first-order chi connectivity index (χ1) is 8.58. The van der Waals surface area contributed by atoms with E-state index in [4.69, 9.17) is 21.1 Å². The molecule has 4 nitrogen and oxygen atoms in total. The second kappa shape index (κ2) is 7.11. The highest BCUT2D eigenvalue weighted by molar-refractivity contribution is 6.32. The topological polar surface area (TPSA) is 47.6 Å². The van der Waals surface area contributed by atoms with Crippen LogP contribution in [0.5, 0.6) is 5.75 Å². The van der Waals surface area contributed by atoms with Gasteiger partial charge in [0.2, 0.25) is 0 Å². The van der Waals surface area contributed by atoms with Crippen LogP contribution in [0.3, 0.4) is 0 Å². The Hall–Kier alpha value is -1.42.